The highest BCUT2D eigenvalue weighted by atomic mass is 16.5. The molecule has 3 rings (SSSR count). The fourth-order valence-corrected chi connectivity index (χ4v) is 2.71. The summed E-state index contributed by atoms with van der Waals surface area (Å²) in [5, 5.41) is 3.42. The fraction of sp³-hybridized carbons (Fsp3) is 0.714. The van der Waals surface area contributed by atoms with Crippen molar-refractivity contribution in [2.24, 2.45) is 5.92 Å². The van der Waals surface area contributed by atoms with E-state index in [-0.39, 0.29) is 0 Å². The van der Waals surface area contributed by atoms with Crippen LogP contribution in [0, 0.1) is 5.92 Å². The summed E-state index contributed by atoms with van der Waals surface area (Å²) in [7, 11) is 1.65. The summed E-state index contributed by atoms with van der Waals surface area (Å²) < 4.78 is 5.21. The third kappa shape index (κ3) is 3.15. The minimum absolute atomic E-state index is 0.641. The van der Waals surface area contributed by atoms with Gasteiger partial charge in [-0.3, -0.25) is 0 Å². The van der Waals surface area contributed by atoms with E-state index in [1.165, 1.54) is 25.7 Å². The zero-order valence-corrected chi connectivity index (χ0v) is 11.5. The molecular weight excluding hydrogens is 240 g/mol. The number of hydrogen-bond donors (Lipinski definition) is 1. The Kier molecular flexibility index (Phi) is 3.82. The van der Waals surface area contributed by atoms with Crippen LogP contribution in [0.5, 0.6) is 5.88 Å². The van der Waals surface area contributed by atoms with E-state index in [2.05, 4.69) is 20.2 Å². The monoisotopic (exact) mass is 262 g/mol. The lowest BCUT2D eigenvalue weighted by molar-refractivity contribution is 0.369. The number of nitrogens with zero attached hydrogens (tertiary/aromatic N) is 3. The van der Waals surface area contributed by atoms with Crippen molar-refractivity contribution in [2.75, 3.05) is 31.6 Å². The Morgan fingerprint density at radius 1 is 1.32 bits per heavy atom. The lowest BCUT2D eigenvalue weighted by atomic mass is 9.97. The smallest absolute Gasteiger partial charge is 0.228 e. The molecule has 2 fully saturated rings. The van der Waals surface area contributed by atoms with Crippen LogP contribution in [0.2, 0.25) is 0 Å². The third-order valence-electron chi connectivity index (χ3n) is 3.98. The summed E-state index contributed by atoms with van der Waals surface area (Å²) in [5.41, 5.74) is 0. The number of nitrogens with one attached hydrogen (secondary N) is 1. The number of anilines is 1. The van der Waals surface area contributed by atoms with E-state index in [0.29, 0.717) is 11.9 Å². The van der Waals surface area contributed by atoms with Crippen molar-refractivity contribution >= 4 is 5.95 Å². The highest BCUT2D eigenvalue weighted by Crippen LogP contribution is 2.32. The van der Waals surface area contributed by atoms with Gasteiger partial charge in [-0.25, -0.2) is 4.98 Å². The van der Waals surface area contributed by atoms with Crippen molar-refractivity contribution in [3.63, 3.8) is 0 Å². The molecule has 1 N–H and O–H groups in total. The standard InChI is InChI=1S/C14H22N4O/c1-19-13-6-9-16-14(17-13)18(12-2-3-12)10-11-4-7-15-8-5-11/h6,9,11-12,15H,2-5,7-8,10H2,1H3. The topological polar surface area (TPSA) is 50.3 Å². The highest BCUT2D eigenvalue weighted by Gasteiger charge is 2.32. The Bertz CT molecular complexity index is 416. The summed E-state index contributed by atoms with van der Waals surface area (Å²) >= 11 is 0. The van der Waals surface area contributed by atoms with Gasteiger partial charge in [-0.15, -0.1) is 0 Å². The van der Waals surface area contributed by atoms with Crippen molar-refractivity contribution < 1.29 is 4.74 Å². The van der Waals surface area contributed by atoms with Crippen LogP contribution in [0.25, 0.3) is 0 Å². The normalized spacial score (nSPS) is 20.3. The van der Waals surface area contributed by atoms with Crippen LogP contribution in [0.15, 0.2) is 12.3 Å². The molecule has 2 aliphatic rings. The average molecular weight is 262 g/mol. The first kappa shape index (κ1) is 12.7. The van der Waals surface area contributed by atoms with Crippen molar-refractivity contribution in [1.82, 2.24) is 15.3 Å². The number of ether oxygens (including phenoxy) is 1. The zero-order valence-electron chi connectivity index (χ0n) is 11.5. The summed E-state index contributed by atoms with van der Waals surface area (Å²) in [6.07, 6.45) is 6.84. The molecule has 104 valence electrons. The van der Waals surface area contributed by atoms with Crippen LogP contribution in [-0.2, 0) is 0 Å². The molecule has 19 heavy (non-hydrogen) atoms. The zero-order chi connectivity index (χ0) is 13.1. The van der Waals surface area contributed by atoms with Crippen LogP contribution in [0.1, 0.15) is 25.7 Å². The van der Waals surface area contributed by atoms with Gasteiger partial charge in [0.2, 0.25) is 11.8 Å². The van der Waals surface area contributed by atoms with Gasteiger partial charge in [0.05, 0.1) is 7.11 Å². The van der Waals surface area contributed by atoms with E-state index >= 15 is 0 Å². The SMILES string of the molecule is COc1ccnc(N(CC2CCNCC2)C2CC2)n1. The maximum atomic E-state index is 5.21. The Morgan fingerprint density at radius 2 is 2.11 bits per heavy atom. The predicted octanol–water partition coefficient (Wildman–Crippen LogP) is 1.45. The molecule has 0 bridgehead atoms. The van der Waals surface area contributed by atoms with E-state index in [1.807, 2.05) is 0 Å². The van der Waals surface area contributed by atoms with Crippen molar-refractivity contribution in [3.05, 3.63) is 12.3 Å². The molecule has 5 heteroatoms. The first-order chi connectivity index (χ1) is 9.36. The minimum Gasteiger partial charge on any atom is -0.481 e. The number of methoxy groups -OCH3 is 1. The number of hydrogen-bond acceptors (Lipinski definition) is 5. The second-order valence-corrected chi connectivity index (χ2v) is 5.48. The highest BCUT2D eigenvalue weighted by molar-refractivity contribution is 5.35. The molecule has 0 radical (unpaired) electrons. The first-order valence-corrected chi connectivity index (χ1v) is 7.21. The number of aromatic nitrogens is 2. The first-order valence-electron chi connectivity index (χ1n) is 7.21. The van der Waals surface area contributed by atoms with Crippen LogP contribution >= 0.6 is 0 Å². The van der Waals surface area contributed by atoms with E-state index in [1.54, 1.807) is 19.4 Å². The lowest BCUT2D eigenvalue weighted by Gasteiger charge is -2.30. The largest absolute Gasteiger partial charge is 0.481 e. The third-order valence-corrected chi connectivity index (χ3v) is 3.98. The Hall–Kier alpha value is -1.36. The molecule has 1 aromatic heterocycles. The molecule has 0 unspecified atom stereocenters. The van der Waals surface area contributed by atoms with Crippen LogP contribution in [-0.4, -0.2) is 42.8 Å². The fourth-order valence-electron chi connectivity index (χ4n) is 2.71. The van der Waals surface area contributed by atoms with Gasteiger partial charge in [-0.2, -0.15) is 4.98 Å². The second kappa shape index (κ2) is 5.74. The predicted molar refractivity (Wildman–Crippen MR) is 74.5 cm³/mol. The van der Waals surface area contributed by atoms with Crippen LogP contribution in [0.4, 0.5) is 5.95 Å². The summed E-state index contributed by atoms with van der Waals surface area (Å²) in [4.78, 5) is 11.3. The number of rotatable bonds is 5. The van der Waals surface area contributed by atoms with Gasteiger partial charge >= 0.3 is 0 Å². The van der Waals surface area contributed by atoms with Gasteiger partial charge in [0.25, 0.3) is 0 Å². The minimum atomic E-state index is 0.641. The maximum Gasteiger partial charge on any atom is 0.228 e. The molecule has 2 heterocycles. The van der Waals surface area contributed by atoms with E-state index < -0.39 is 0 Å². The van der Waals surface area contributed by atoms with Gasteiger partial charge in [-0.05, 0) is 44.7 Å². The van der Waals surface area contributed by atoms with E-state index in [4.69, 9.17) is 4.74 Å². The molecule has 1 saturated heterocycles. The van der Waals surface area contributed by atoms with Crippen LogP contribution in [0.3, 0.4) is 0 Å². The van der Waals surface area contributed by atoms with Gasteiger partial charge in [-0.1, -0.05) is 0 Å². The molecule has 1 saturated carbocycles. The second-order valence-electron chi connectivity index (χ2n) is 5.48. The molecule has 1 aromatic rings. The summed E-state index contributed by atoms with van der Waals surface area (Å²) in [6, 6.07) is 2.45. The lowest BCUT2D eigenvalue weighted by Crippen LogP contribution is -2.38. The quantitative estimate of drug-likeness (QED) is 0.870. The molecule has 5 nitrogen and oxygen atoms in total. The number of piperidine rings is 1. The van der Waals surface area contributed by atoms with Crippen molar-refractivity contribution in [2.45, 2.75) is 31.7 Å². The average Bonchev–Trinajstić information content (AvgIpc) is 3.30. The van der Waals surface area contributed by atoms with Gasteiger partial charge in [0.15, 0.2) is 0 Å². The van der Waals surface area contributed by atoms with Gasteiger partial charge < -0.3 is 15.0 Å². The Morgan fingerprint density at radius 3 is 2.79 bits per heavy atom. The van der Waals surface area contributed by atoms with Crippen molar-refractivity contribution in [1.29, 1.82) is 0 Å². The molecule has 1 aliphatic carbocycles. The summed E-state index contributed by atoms with van der Waals surface area (Å²) in [5.74, 6) is 2.25. The Balaban J connectivity index is 1.72. The Labute approximate surface area is 114 Å². The molecule has 1 aliphatic heterocycles. The molecule has 0 aromatic carbocycles. The van der Waals surface area contributed by atoms with Crippen LogP contribution < -0.4 is 15.0 Å². The van der Waals surface area contributed by atoms with E-state index in [0.717, 1.165) is 31.5 Å². The molecule has 0 amide bonds. The maximum absolute atomic E-state index is 5.21. The van der Waals surface area contributed by atoms with Gasteiger partial charge in [0, 0.05) is 24.8 Å². The van der Waals surface area contributed by atoms with Gasteiger partial charge in [0.1, 0.15) is 0 Å². The van der Waals surface area contributed by atoms with E-state index in [9.17, 15) is 0 Å². The van der Waals surface area contributed by atoms with Crippen molar-refractivity contribution in [3.8, 4) is 5.88 Å². The summed E-state index contributed by atoms with van der Waals surface area (Å²) in [6.45, 7) is 3.36. The molecule has 0 atom stereocenters. The molecule has 0 spiro atoms. The molecular formula is C14H22N4O.